The van der Waals surface area contributed by atoms with Crippen LogP contribution in [-0.2, 0) is 9.53 Å². The number of esters is 1. The molecular formula is C13H18O2S2. The molecule has 0 heterocycles. The van der Waals surface area contributed by atoms with Crippen molar-refractivity contribution in [1.82, 2.24) is 0 Å². The molecule has 4 fully saturated rings. The Morgan fingerprint density at radius 3 is 2.00 bits per heavy atom. The Kier molecular flexibility index (Phi) is 2.78. The standard InChI is InChI=1S/C13H18O2S2/c1-7(16)12(14)15-13(17)10-3-8-2-9(5-10)6-11(13)4-8/h8-11,16-17H,1-6H2. The molecule has 0 aliphatic heterocycles. The van der Waals surface area contributed by atoms with Gasteiger partial charge in [-0.15, -0.1) is 25.3 Å². The molecule has 0 saturated heterocycles. The summed E-state index contributed by atoms with van der Waals surface area (Å²) in [5.41, 5.74) is 0. The van der Waals surface area contributed by atoms with Crippen molar-refractivity contribution >= 4 is 31.2 Å². The molecule has 0 unspecified atom stereocenters. The zero-order valence-corrected chi connectivity index (χ0v) is 11.6. The van der Waals surface area contributed by atoms with Crippen LogP contribution in [0, 0.1) is 23.7 Å². The first-order chi connectivity index (χ1) is 7.99. The van der Waals surface area contributed by atoms with Crippen molar-refractivity contribution in [3.8, 4) is 0 Å². The minimum Gasteiger partial charge on any atom is -0.444 e. The molecule has 17 heavy (non-hydrogen) atoms. The Bertz CT molecular complexity index is 350. The summed E-state index contributed by atoms with van der Waals surface area (Å²) in [7, 11) is 0. The molecule has 0 spiro atoms. The zero-order valence-electron chi connectivity index (χ0n) is 9.76. The predicted octanol–water partition coefficient (Wildman–Crippen LogP) is 3.06. The summed E-state index contributed by atoms with van der Waals surface area (Å²) in [6, 6.07) is 0. The lowest BCUT2D eigenvalue weighted by Crippen LogP contribution is -2.56. The molecule has 2 nitrogen and oxygen atoms in total. The lowest BCUT2D eigenvalue weighted by atomic mass is 9.54. The van der Waals surface area contributed by atoms with Crippen LogP contribution in [-0.4, -0.2) is 10.9 Å². The topological polar surface area (TPSA) is 26.3 Å². The van der Waals surface area contributed by atoms with Gasteiger partial charge in [0, 0.05) is 11.8 Å². The van der Waals surface area contributed by atoms with Gasteiger partial charge in [-0.2, -0.15) is 0 Å². The Morgan fingerprint density at radius 2 is 1.59 bits per heavy atom. The number of hydrogen-bond donors (Lipinski definition) is 2. The third kappa shape index (κ3) is 1.84. The van der Waals surface area contributed by atoms with Crippen LogP contribution in [0.25, 0.3) is 0 Å². The average molecular weight is 270 g/mol. The molecule has 0 N–H and O–H groups in total. The van der Waals surface area contributed by atoms with Gasteiger partial charge < -0.3 is 4.74 Å². The SMILES string of the molecule is C=C(S)C(=O)OC1(S)C2CC3CC(C2)CC1C3. The van der Waals surface area contributed by atoms with E-state index in [0.717, 1.165) is 11.8 Å². The maximum Gasteiger partial charge on any atom is 0.345 e. The first-order valence-electron chi connectivity index (χ1n) is 6.32. The highest BCUT2D eigenvalue weighted by molar-refractivity contribution is 7.85. The Hall–Kier alpha value is -0.0900. The third-order valence-electron chi connectivity index (χ3n) is 4.80. The van der Waals surface area contributed by atoms with Gasteiger partial charge in [0.15, 0.2) is 4.93 Å². The van der Waals surface area contributed by atoms with Crippen molar-refractivity contribution in [3.05, 3.63) is 11.5 Å². The second-order valence-electron chi connectivity index (χ2n) is 5.89. The first kappa shape index (κ1) is 12.0. The van der Waals surface area contributed by atoms with Gasteiger partial charge in [0.25, 0.3) is 0 Å². The van der Waals surface area contributed by atoms with E-state index in [1.807, 2.05) is 0 Å². The normalized spacial score (nSPS) is 46.9. The summed E-state index contributed by atoms with van der Waals surface area (Å²) in [6.45, 7) is 3.53. The maximum absolute atomic E-state index is 11.7. The Morgan fingerprint density at radius 1 is 1.12 bits per heavy atom. The van der Waals surface area contributed by atoms with Crippen LogP contribution in [0.2, 0.25) is 0 Å². The monoisotopic (exact) mass is 270 g/mol. The highest BCUT2D eigenvalue weighted by Gasteiger charge is 2.57. The molecule has 4 rings (SSSR count). The summed E-state index contributed by atoms with van der Waals surface area (Å²) in [5, 5.41) is 0. The van der Waals surface area contributed by atoms with E-state index >= 15 is 0 Å². The number of ether oxygens (including phenoxy) is 1. The summed E-state index contributed by atoms with van der Waals surface area (Å²) in [6.07, 6.45) is 6.06. The minimum absolute atomic E-state index is 0.173. The highest BCUT2D eigenvalue weighted by Crippen LogP contribution is 2.61. The van der Waals surface area contributed by atoms with Gasteiger partial charge in [0.2, 0.25) is 0 Å². The van der Waals surface area contributed by atoms with Crippen molar-refractivity contribution in [2.24, 2.45) is 23.7 Å². The summed E-state index contributed by atoms with van der Waals surface area (Å²) >= 11 is 8.71. The van der Waals surface area contributed by atoms with E-state index in [2.05, 4.69) is 19.2 Å². The number of carbonyl (C=O) groups excluding carboxylic acids is 1. The van der Waals surface area contributed by atoms with Crippen LogP contribution >= 0.6 is 25.3 Å². The van der Waals surface area contributed by atoms with Gasteiger partial charge in [-0.1, -0.05) is 6.58 Å². The number of carbonyl (C=O) groups is 1. The van der Waals surface area contributed by atoms with Crippen LogP contribution in [0.3, 0.4) is 0 Å². The second-order valence-corrected chi connectivity index (χ2v) is 7.13. The predicted molar refractivity (Wildman–Crippen MR) is 73.0 cm³/mol. The molecule has 4 saturated carbocycles. The number of rotatable bonds is 2. The summed E-state index contributed by atoms with van der Waals surface area (Å²) in [4.78, 5) is 11.3. The van der Waals surface area contributed by atoms with E-state index in [9.17, 15) is 4.79 Å². The van der Waals surface area contributed by atoms with Gasteiger partial charge in [0.1, 0.15) is 0 Å². The van der Waals surface area contributed by atoms with Crippen LogP contribution in [0.1, 0.15) is 32.1 Å². The van der Waals surface area contributed by atoms with Gasteiger partial charge in [-0.25, -0.2) is 4.79 Å². The molecule has 4 aliphatic carbocycles. The molecule has 94 valence electrons. The fraction of sp³-hybridized carbons (Fsp3) is 0.769. The molecule has 0 aromatic heterocycles. The number of hydrogen-bond acceptors (Lipinski definition) is 4. The molecule has 4 aliphatic rings. The van der Waals surface area contributed by atoms with Crippen molar-refractivity contribution in [2.45, 2.75) is 37.0 Å². The van der Waals surface area contributed by atoms with Crippen molar-refractivity contribution in [1.29, 1.82) is 0 Å². The molecule has 0 atom stereocenters. The number of thiol groups is 2. The summed E-state index contributed by atoms with van der Waals surface area (Å²) < 4.78 is 5.63. The quantitative estimate of drug-likeness (QED) is 0.349. The maximum atomic E-state index is 11.7. The fourth-order valence-corrected chi connectivity index (χ4v) is 4.78. The highest BCUT2D eigenvalue weighted by atomic mass is 32.1. The van der Waals surface area contributed by atoms with E-state index < -0.39 is 10.9 Å². The molecule has 0 aromatic rings. The molecule has 0 radical (unpaired) electrons. The second kappa shape index (κ2) is 3.95. The van der Waals surface area contributed by atoms with Crippen molar-refractivity contribution < 1.29 is 9.53 Å². The molecular weight excluding hydrogens is 252 g/mol. The van der Waals surface area contributed by atoms with E-state index in [0.29, 0.717) is 11.8 Å². The van der Waals surface area contributed by atoms with Crippen LogP contribution in [0.15, 0.2) is 11.5 Å². The molecule has 0 aromatic carbocycles. The van der Waals surface area contributed by atoms with Crippen LogP contribution < -0.4 is 0 Å². The van der Waals surface area contributed by atoms with Gasteiger partial charge in [0.05, 0.1) is 4.91 Å². The Balaban J connectivity index is 1.82. The minimum atomic E-state index is -0.559. The van der Waals surface area contributed by atoms with E-state index in [4.69, 9.17) is 17.4 Å². The molecule has 4 heteroatoms. The van der Waals surface area contributed by atoms with Gasteiger partial charge in [-0.3, -0.25) is 0 Å². The van der Waals surface area contributed by atoms with E-state index in [-0.39, 0.29) is 4.91 Å². The van der Waals surface area contributed by atoms with Crippen LogP contribution in [0.4, 0.5) is 0 Å². The average Bonchev–Trinajstić information content (AvgIpc) is 2.25. The Labute approximate surface area is 113 Å². The lowest BCUT2D eigenvalue weighted by Gasteiger charge is -2.58. The largest absolute Gasteiger partial charge is 0.444 e. The smallest absolute Gasteiger partial charge is 0.345 e. The third-order valence-corrected chi connectivity index (χ3v) is 5.80. The molecule has 0 amide bonds. The summed E-state index contributed by atoms with van der Waals surface area (Å²) in [5.74, 6) is 2.14. The van der Waals surface area contributed by atoms with Crippen LogP contribution in [0.5, 0.6) is 0 Å². The van der Waals surface area contributed by atoms with E-state index in [1.165, 1.54) is 32.1 Å². The fourth-order valence-electron chi connectivity index (χ4n) is 4.23. The van der Waals surface area contributed by atoms with Gasteiger partial charge >= 0.3 is 5.97 Å². The van der Waals surface area contributed by atoms with Crippen molar-refractivity contribution in [2.75, 3.05) is 0 Å². The zero-order chi connectivity index (χ0) is 12.2. The van der Waals surface area contributed by atoms with Crippen molar-refractivity contribution in [3.63, 3.8) is 0 Å². The lowest BCUT2D eigenvalue weighted by molar-refractivity contribution is -0.174. The molecule has 4 bridgehead atoms. The van der Waals surface area contributed by atoms with E-state index in [1.54, 1.807) is 0 Å². The van der Waals surface area contributed by atoms with Gasteiger partial charge in [-0.05, 0) is 43.9 Å². The first-order valence-corrected chi connectivity index (χ1v) is 7.22.